The molecule has 0 bridgehead atoms. The van der Waals surface area contributed by atoms with Crippen LogP contribution in [-0.2, 0) is 4.74 Å². The average molecular weight is 226 g/mol. The normalized spacial score (nSPS) is 28.5. The predicted molar refractivity (Wildman–Crippen MR) is 66.7 cm³/mol. The topological polar surface area (TPSA) is 24.5 Å². The van der Waals surface area contributed by atoms with Crippen LogP contribution in [0.1, 0.15) is 33.1 Å². The summed E-state index contributed by atoms with van der Waals surface area (Å²) < 4.78 is 5.59. The number of rotatable bonds is 7. The quantitative estimate of drug-likeness (QED) is 0.712. The van der Waals surface area contributed by atoms with Gasteiger partial charge in [-0.3, -0.25) is 0 Å². The Morgan fingerprint density at radius 2 is 2.19 bits per heavy atom. The summed E-state index contributed by atoms with van der Waals surface area (Å²) in [6.07, 6.45) is 4.55. The highest BCUT2D eigenvalue weighted by Gasteiger charge is 2.26. The molecule has 0 amide bonds. The molecule has 1 heterocycles. The summed E-state index contributed by atoms with van der Waals surface area (Å²) in [5.74, 6) is 0.870. The van der Waals surface area contributed by atoms with Crippen molar-refractivity contribution in [2.45, 2.75) is 45.3 Å². The van der Waals surface area contributed by atoms with Crippen molar-refractivity contribution < 1.29 is 4.74 Å². The second kappa shape index (κ2) is 5.99. The molecule has 1 saturated heterocycles. The third kappa shape index (κ3) is 4.04. The standard InChI is InChI=1S/C13H26N2O/c1-3-16-11(2)9-15-7-6-12(10-15)8-14-13-4-5-13/h11-14H,3-10H2,1-2H3. The Kier molecular flexibility index (Phi) is 4.62. The van der Waals surface area contributed by atoms with Crippen LogP contribution >= 0.6 is 0 Å². The van der Waals surface area contributed by atoms with Crippen molar-refractivity contribution in [1.29, 1.82) is 0 Å². The SMILES string of the molecule is CCOC(C)CN1CCC(CNC2CC2)C1. The van der Waals surface area contributed by atoms with E-state index in [9.17, 15) is 0 Å². The third-order valence-electron chi connectivity index (χ3n) is 3.61. The van der Waals surface area contributed by atoms with Crippen LogP contribution in [0, 0.1) is 5.92 Å². The summed E-state index contributed by atoms with van der Waals surface area (Å²) in [7, 11) is 0. The van der Waals surface area contributed by atoms with E-state index in [4.69, 9.17) is 4.74 Å². The van der Waals surface area contributed by atoms with Gasteiger partial charge in [-0.1, -0.05) is 0 Å². The lowest BCUT2D eigenvalue weighted by atomic mass is 10.1. The van der Waals surface area contributed by atoms with Gasteiger partial charge in [-0.05, 0) is 52.1 Å². The molecule has 1 saturated carbocycles. The highest BCUT2D eigenvalue weighted by Crippen LogP contribution is 2.21. The van der Waals surface area contributed by atoms with E-state index in [0.717, 1.165) is 25.1 Å². The maximum absolute atomic E-state index is 5.59. The summed E-state index contributed by atoms with van der Waals surface area (Å²) in [5.41, 5.74) is 0. The molecule has 2 aliphatic rings. The highest BCUT2D eigenvalue weighted by atomic mass is 16.5. The lowest BCUT2D eigenvalue weighted by Crippen LogP contribution is -2.32. The summed E-state index contributed by atoms with van der Waals surface area (Å²) in [6.45, 7) is 9.94. The number of hydrogen-bond acceptors (Lipinski definition) is 3. The van der Waals surface area contributed by atoms with Gasteiger partial charge in [0.05, 0.1) is 6.10 Å². The minimum Gasteiger partial charge on any atom is -0.377 e. The van der Waals surface area contributed by atoms with E-state index in [1.54, 1.807) is 0 Å². The molecule has 2 unspecified atom stereocenters. The van der Waals surface area contributed by atoms with Crippen LogP contribution in [0.4, 0.5) is 0 Å². The molecule has 0 radical (unpaired) electrons. The molecule has 2 atom stereocenters. The molecule has 0 aromatic carbocycles. The summed E-state index contributed by atoms with van der Waals surface area (Å²) in [4.78, 5) is 2.56. The lowest BCUT2D eigenvalue weighted by Gasteiger charge is -2.20. The molecule has 16 heavy (non-hydrogen) atoms. The molecule has 3 nitrogen and oxygen atoms in total. The fourth-order valence-electron chi connectivity index (χ4n) is 2.57. The van der Waals surface area contributed by atoms with Gasteiger partial charge in [0, 0.05) is 25.7 Å². The fourth-order valence-corrected chi connectivity index (χ4v) is 2.57. The maximum atomic E-state index is 5.59. The van der Waals surface area contributed by atoms with Gasteiger partial charge in [0.2, 0.25) is 0 Å². The summed E-state index contributed by atoms with van der Waals surface area (Å²) in [5, 5.41) is 3.64. The van der Waals surface area contributed by atoms with Crippen LogP contribution in [-0.4, -0.2) is 49.8 Å². The Hall–Kier alpha value is -0.120. The largest absolute Gasteiger partial charge is 0.377 e. The van der Waals surface area contributed by atoms with Crippen molar-refractivity contribution in [1.82, 2.24) is 10.2 Å². The number of nitrogens with one attached hydrogen (secondary N) is 1. The molecule has 2 fully saturated rings. The lowest BCUT2D eigenvalue weighted by molar-refractivity contribution is 0.0506. The van der Waals surface area contributed by atoms with Crippen molar-refractivity contribution in [2.75, 3.05) is 32.8 Å². The third-order valence-corrected chi connectivity index (χ3v) is 3.61. The fraction of sp³-hybridized carbons (Fsp3) is 1.00. The minimum absolute atomic E-state index is 0.389. The van der Waals surface area contributed by atoms with Crippen LogP contribution in [0.5, 0.6) is 0 Å². The molecule has 1 aliphatic carbocycles. The number of nitrogens with zero attached hydrogens (tertiary/aromatic N) is 1. The van der Waals surface area contributed by atoms with Crippen molar-refractivity contribution in [2.24, 2.45) is 5.92 Å². The Labute approximate surface area is 99.5 Å². The van der Waals surface area contributed by atoms with Gasteiger partial charge < -0.3 is 15.0 Å². The first-order chi connectivity index (χ1) is 7.78. The van der Waals surface area contributed by atoms with Crippen molar-refractivity contribution in [3.8, 4) is 0 Å². The van der Waals surface area contributed by atoms with Gasteiger partial charge >= 0.3 is 0 Å². The van der Waals surface area contributed by atoms with E-state index in [2.05, 4.69) is 24.1 Å². The van der Waals surface area contributed by atoms with Crippen LogP contribution < -0.4 is 5.32 Å². The molecular formula is C13H26N2O. The Morgan fingerprint density at radius 3 is 2.88 bits per heavy atom. The van der Waals surface area contributed by atoms with Crippen molar-refractivity contribution in [3.05, 3.63) is 0 Å². The predicted octanol–water partition coefficient (Wildman–Crippen LogP) is 1.49. The maximum Gasteiger partial charge on any atom is 0.0673 e. The van der Waals surface area contributed by atoms with Gasteiger partial charge in [-0.15, -0.1) is 0 Å². The van der Waals surface area contributed by atoms with E-state index >= 15 is 0 Å². The smallest absolute Gasteiger partial charge is 0.0673 e. The van der Waals surface area contributed by atoms with Gasteiger partial charge in [0.1, 0.15) is 0 Å². The second-order valence-electron chi connectivity index (χ2n) is 5.36. The molecule has 0 aromatic heterocycles. The van der Waals surface area contributed by atoms with Gasteiger partial charge in [-0.2, -0.15) is 0 Å². The first-order valence-electron chi connectivity index (χ1n) is 6.85. The Bertz CT molecular complexity index is 206. The van der Waals surface area contributed by atoms with Gasteiger partial charge in [0.15, 0.2) is 0 Å². The van der Waals surface area contributed by atoms with Crippen LogP contribution in [0.2, 0.25) is 0 Å². The average Bonchev–Trinajstić information content (AvgIpc) is 2.98. The van der Waals surface area contributed by atoms with E-state index in [0.29, 0.717) is 6.10 Å². The first-order valence-corrected chi connectivity index (χ1v) is 6.85. The van der Waals surface area contributed by atoms with E-state index in [1.807, 2.05) is 0 Å². The zero-order chi connectivity index (χ0) is 11.4. The molecule has 2 rings (SSSR count). The number of likely N-dealkylation sites (tertiary alicyclic amines) is 1. The molecule has 3 heteroatoms. The molecule has 1 aliphatic heterocycles. The van der Waals surface area contributed by atoms with Gasteiger partial charge in [-0.25, -0.2) is 0 Å². The van der Waals surface area contributed by atoms with Crippen molar-refractivity contribution >= 4 is 0 Å². The van der Waals surface area contributed by atoms with Crippen molar-refractivity contribution in [3.63, 3.8) is 0 Å². The van der Waals surface area contributed by atoms with E-state index < -0.39 is 0 Å². The first kappa shape index (κ1) is 12.3. The molecule has 0 spiro atoms. The van der Waals surface area contributed by atoms with Crippen LogP contribution in [0.3, 0.4) is 0 Å². The van der Waals surface area contributed by atoms with E-state index in [1.165, 1.54) is 38.9 Å². The molecule has 94 valence electrons. The second-order valence-corrected chi connectivity index (χ2v) is 5.36. The number of ether oxygens (including phenoxy) is 1. The van der Waals surface area contributed by atoms with Crippen LogP contribution in [0.25, 0.3) is 0 Å². The summed E-state index contributed by atoms with van der Waals surface area (Å²) in [6, 6.07) is 0.858. The summed E-state index contributed by atoms with van der Waals surface area (Å²) >= 11 is 0. The zero-order valence-corrected chi connectivity index (χ0v) is 10.7. The minimum atomic E-state index is 0.389. The highest BCUT2D eigenvalue weighted by molar-refractivity contribution is 4.84. The zero-order valence-electron chi connectivity index (χ0n) is 10.7. The van der Waals surface area contributed by atoms with Gasteiger partial charge in [0.25, 0.3) is 0 Å². The molecular weight excluding hydrogens is 200 g/mol. The Balaban J connectivity index is 1.58. The van der Waals surface area contributed by atoms with Crippen LogP contribution in [0.15, 0.2) is 0 Å². The number of hydrogen-bond donors (Lipinski definition) is 1. The molecule has 0 aromatic rings. The molecule has 1 N–H and O–H groups in total. The van der Waals surface area contributed by atoms with E-state index in [-0.39, 0.29) is 0 Å². The Morgan fingerprint density at radius 1 is 1.38 bits per heavy atom. The monoisotopic (exact) mass is 226 g/mol.